The zero-order chi connectivity index (χ0) is 17.4. The number of hydrogen-bond donors (Lipinski definition) is 0. The quantitative estimate of drug-likeness (QED) is 0.522. The smallest absolute Gasteiger partial charge is 0.370 e. The molecule has 0 amide bonds. The normalized spacial score (nSPS) is 10.9. The molecule has 0 saturated carbocycles. The molecule has 0 radical (unpaired) electrons. The average Bonchev–Trinajstić information content (AvgIpc) is 2.64. The minimum atomic E-state index is -0.499. The Morgan fingerprint density at radius 3 is 2.24 bits per heavy atom. The Morgan fingerprint density at radius 2 is 1.56 bits per heavy atom. The van der Waals surface area contributed by atoms with E-state index >= 15 is 0 Å². The van der Waals surface area contributed by atoms with E-state index in [4.69, 9.17) is 11.6 Å². The van der Waals surface area contributed by atoms with E-state index in [0.717, 1.165) is 0 Å². The largest absolute Gasteiger partial charge is 0.841 e. The van der Waals surface area contributed by atoms with Gasteiger partial charge in [-0.25, -0.2) is 9.36 Å². The van der Waals surface area contributed by atoms with Crippen LogP contribution >= 0.6 is 11.6 Å². The van der Waals surface area contributed by atoms with Crippen LogP contribution in [0.2, 0.25) is 5.15 Å². The fourth-order valence-electron chi connectivity index (χ4n) is 2.80. The van der Waals surface area contributed by atoms with Gasteiger partial charge in [0.15, 0.2) is 5.15 Å². The van der Waals surface area contributed by atoms with Gasteiger partial charge in [-0.3, -0.25) is 0 Å². The third-order valence-electron chi connectivity index (χ3n) is 3.91. The molecule has 0 spiro atoms. The highest BCUT2D eigenvalue weighted by molar-refractivity contribution is 6.29. The van der Waals surface area contributed by atoms with Crippen molar-refractivity contribution in [2.75, 3.05) is 0 Å². The molecule has 4 rings (SSSR count). The number of halogens is 1. The number of benzene rings is 2. The molecule has 25 heavy (non-hydrogen) atoms. The molecular formula is C19H12ClN3O2. The fraction of sp³-hybridized carbons (Fsp3) is 0. The maximum Gasteiger partial charge on any atom is 0.370 e. The monoisotopic (exact) mass is 349 g/mol. The fourth-order valence-corrected chi connectivity index (χ4v) is 2.94. The van der Waals surface area contributed by atoms with Crippen LogP contribution in [-0.4, -0.2) is 9.61 Å². The summed E-state index contributed by atoms with van der Waals surface area (Å²) in [7, 11) is 0. The molecule has 4 aromatic rings. The van der Waals surface area contributed by atoms with Crippen molar-refractivity contribution < 1.29 is 9.67 Å². The van der Waals surface area contributed by atoms with Gasteiger partial charge < -0.3 is 5.11 Å². The summed E-state index contributed by atoms with van der Waals surface area (Å²) in [6.45, 7) is 0. The van der Waals surface area contributed by atoms with Gasteiger partial charge in [0.2, 0.25) is 0 Å². The SMILES string of the molecule is O=c1c(-c2ccccc2)c([O-])[n+](-c2ccccc2)c2ccc(Cl)nn12. The van der Waals surface area contributed by atoms with Crippen LogP contribution in [0.4, 0.5) is 0 Å². The molecule has 0 saturated heterocycles. The molecule has 0 aliphatic rings. The Hall–Kier alpha value is -3.18. The van der Waals surface area contributed by atoms with Crippen LogP contribution < -0.4 is 15.2 Å². The van der Waals surface area contributed by atoms with Gasteiger partial charge in [0.25, 0.3) is 0 Å². The van der Waals surface area contributed by atoms with Gasteiger partial charge in [-0.1, -0.05) is 69.7 Å². The molecule has 0 aliphatic carbocycles. The molecule has 0 atom stereocenters. The van der Waals surface area contributed by atoms with Crippen molar-refractivity contribution in [3.05, 3.63) is 88.3 Å². The Kier molecular flexibility index (Phi) is 3.71. The molecular weight excluding hydrogens is 338 g/mol. The van der Waals surface area contributed by atoms with Crippen molar-refractivity contribution in [2.24, 2.45) is 0 Å². The first-order valence-corrected chi connectivity index (χ1v) is 8.00. The number of hydrogen-bond acceptors (Lipinski definition) is 3. The first-order valence-electron chi connectivity index (χ1n) is 7.62. The molecule has 0 aliphatic heterocycles. The van der Waals surface area contributed by atoms with Gasteiger partial charge in [0.1, 0.15) is 11.3 Å². The highest BCUT2D eigenvalue weighted by Gasteiger charge is 2.22. The highest BCUT2D eigenvalue weighted by Crippen LogP contribution is 2.22. The van der Waals surface area contributed by atoms with Gasteiger partial charge in [-0.2, -0.15) is 0 Å². The van der Waals surface area contributed by atoms with Crippen LogP contribution in [0.5, 0.6) is 5.88 Å². The molecule has 6 heteroatoms. The van der Waals surface area contributed by atoms with Gasteiger partial charge in [-0.15, -0.1) is 0 Å². The lowest BCUT2D eigenvalue weighted by Gasteiger charge is -2.16. The lowest BCUT2D eigenvalue weighted by Crippen LogP contribution is -2.42. The van der Waals surface area contributed by atoms with Crippen molar-refractivity contribution >= 4 is 17.2 Å². The molecule has 0 fully saturated rings. The molecule has 0 unspecified atom stereocenters. The van der Waals surface area contributed by atoms with Crippen LogP contribution in [0.25, 0.3) is 22.5 Å². The average molecular weight is 350 g/mol. The van der Waals surface area contributed by atoms with E-state index < -0.39 is 11.4 Å². The van der Waals surface area contributed by atoms with Crippen LogP contribution in [0.15, 0.2) is 77.6 Å². The molecule has 5 nitrogen and oxygen atoms in total. The van der Waals surface area contributed by atoms with Crippen molar-refractivity contribution in [1.82, 2.24) is 9.61 Å². The first kappa shape index (κ1) is 15.4. The predicted octanol–water partition coefficient (Wildman–Crippen LogP) is 2.37. The zero-order valence-electron chi connectivity index (χ0n) is 13.0. The Balaban J connectivity index is 2.19. The Labute approximate surface area is 148 Å². The highest BCUT2D eigenvalue weighted by atomic mass is 35.5. The third-order valence-corrected chi connectivity index (χ3v) is 4.11. The number of rotatable bonds is 2. The van der Waals surface area contributed by atoms with E-state index in [1.807, 2.05) is 24.3 Å². The number of aromatic nitrogens is 3. The van der Waals surface area contributed by atoms with Gasteiger partial charge in [-0.05, 0) is 23.8 Å². The summed E-state index contributed by atoms with van der Waals surface area (Å²) in [4.78, 5) is 12.9. The van der Waals surface area contributed by atoms with Crippen LogP contribution in [0.3, 0.4) is 0 Å². The molecule has 2 aromatic carbocycles. The Morgan fingerprint density at radius 1 is 0.920 bits per heavy atom. The minimum Gasteiger partial charge on any atom is -0.841 e. The molecule has 0 bridgehead atoms. The van der Waals surface area contributed by atoms with Crippen LogP contribution in [0, 0.1) is 0 Å². The summed E-state index contributed by atoms with van der Waals surface area (Å²) >= 11 is 5.97. The van der Waals surface area contributed by atoms with Gasteiger partial charge >= 0.3 is 11.2 Å². The van der Waals surface area contributed by atoms with Crippen LogP contribution in [0.1, 0.15) is 0 Å². The third kappa shape index (κ3) is 2.55. The van der Waals surface area contributed by atoms with E-state index in [-0.39, 0.29) is 10.7 Å². The number of nitrogens with zero attached hydrogens (tertiary/aromatic N) is 3. The second-order valence-electron chi connectivity index (χ2n) is 5.45. The van der Waals surface area contributed by atoms with Crippen molar-refractivity contribution in [1.29, 1.82) is 0 Å². The van der Waals surface area contributed by atoms with Crippen molar-refractivity contribution in [3.8, 4) is 22.7 Å². The zero-order valence-corrected chi connectivity index (χ0v) is 13.7. The second kappa shape index (κ2) is 6.03. The summed E-state index contributed by atoms with van der Waals surface area (Å²) in [5.74, 6) is -0.397. The second-order valence-corrected chi connectivity index (χ2v) is 5.84. The van der Waals surface area contributed by atoms with Gasteiger partial charge in [0.05, 0.1) is 5.88 Å². The summed E-state index contributed by atoms with van der Waals surface area (Å²) in [5, 5.41) is 17.4. The summed E-state index contributed by atoms with van der Waals surface area (Å²) in [6, 6.07) is 21.1. The maximum absolute atomic E-state index is 13.2. The lowest BCUT2D eigenvalue weighted by molar-refractivity contribution is -0.630. The van der Waals surface area contributed by atoms with Crippen molar-refractivity contribution in [3.63, 3.8) is 0 Å². The van der Waals surface area contributed by atoms with E-state index in [1.165, 1.54) is 9.08 Å². The molecule has 0 N–H and O–H groups in total. The van der Waals surface area contributed by atoms with Crippen molar-refractivity contribution in [2.45, 2.75) is 0 Å². The number of fused-ring (bicyclic) bond motifs is 1. The van der Waals surface area contributed by atoms with E-state index in [0.29, 0.717) is 16.9 Å². The topological polar surface area (TPSA) is 61.3 Å². The van der Waals surface area contributed by atoms with Gasteiger partial charge in [0, 0.05) is 6.07 Å². The maximum atomic E-state index is 13.2. The lowest BCUT2D eigenvalue weighted by atomic mass is 10.1. The molecule has 2 aromatic heterocycles. The Bertz CT molecular complexity index is 1130. The number of para-hydroxylation sites is 1. The summed E-state index contributed by atoms with van der Waals surface area (Å²) < 4.78 is 2.63. The summed E-state index contributed by atoms with van der Waals surface area (Å²) in [5.41, 5.74) is 1.09. The predicted molar refractivity (Wildman–Crippen MR) is 92.9 cm³/mol. The van der Waals surface area contributed by atoms with E-state index in [1.54, 1.807) is 48.5 Å². The molecule has 2 heterocycles. The summed E-state index contributed by atoms with van der Waals surface area (Å²) in [6.07, 6.45) is 0. The van der Waals surface area contributed by atoms with E-state index in [2.05, 4.69) is 5.10 Å². The standard InChI is InChI=1S/C19H12ClN3O2/c20-15-11-12-16-22(14-9-5-2-6-10-14)18(24)17(19(25)23(16)21-15)13-7-3-1-4-8-13/h1-12H. The first-order chi connectivity index (χ1) is 12.2. The minimum absolute atomic E-state index is 0.0525. The van der Waals surface area contributed by atoms with Crippen LogP contribution in [-0.2, 0) is 0 Å². The van der Waals surface area contributed by atoms with E-state index in [9.17, 15) is 9.90 Å². The molecule has 122 valence electrons.